The topological polar surface area (TPSA) is 144 Å². The van der Waals surface area contributed by atoms with Crippen molar-refractivity contribution in [2.45, 2.75) is 30.7 Å². The Kier molecular flexibility index (Phi) is 12.7. The molecule has 1 aliphatic heterocycles. The van der Waals surface area contributed by atoms with Gasteiger partial charge in [-0.15, -0.1) is 12.8 Å². The van der Waals surface area contributed by atoms with Gasteiger partial charge in [-0.2, -0.15) is 0 Å². The SMILES string of the molecule is C#C.CCS(=O)(=O)c1ccc(NC(=O)OC)cc1[C@H]1CCCN1C(=O)CNc1ccc2c(N)nccc2c1.Fc1ccc(Cl)cc1. The van der Waals surface area contributed by atoms with Crippen LogP contribution in [0.1, 0.15) is 31.4 Å². The van der Waals surface area contributed by atoms with Crippen LogP contribution in [0.4, 0.5) is 26.4 Å². The van der Waals surface area contributed by atoms with Gasteiger partial charge < -0.3 is 20.7 Å². The molecule has 2 amide bonds. The fourth-order valence-electron chi connectivity index (χ4n) is 4.90. The molecular weight excluding hydrogens is 633 g/mol. The number of carbonyl (C=O) groups is 2. The molecular formula is C33H35ClFN5O5S. The largest absolute Gasteiger partial charge is 0.453 e. The molecule has 0 unspecified atom stereocenters. The second-order valence-electron chi connectivity index (χ2n) is 9.94. The van der Waals surface area contributed by atoms with Gasteiger partial charge >= 0.3 is 6.09 Å². The number of pyridine rings is 1. The lowest BCUT2D eigenvalue weighted by Crippen LogP contribution is -2.35. The Morgan fingerprint density at radius 3 is 2.43 bits per heavy atom. The van der Waals surface area contributed by atoms with E-state index in [0.29, 0.717) is 35.1 Å². The van der Waals surface area contributed by atoms with Gasteiger partial charge in [0.25, 0.3) is 0 Å². The molecule has 4 N–H and O–H groups in total. The molecule has 46 heavy (non-hydrogen) atoms. The maximum absolute atomic E-state index is 13.3. The average Bonchev–Trinajstić information content (AvgIpc) is 3.56. The minimum atomic E-state index is -3.56. The van der Waals surface area contributed by atoms with Crippen LogP contribution in [0, 0.1) is 18.7 Å². The van der Waals surface area contributed by atoms with Crippen LogP contribution >= 0.6 is 11.6 Å². The number of hydrogen-bond acceptors (Lipinski definition) is 8. The fraction of sp³-hybridized carbons (Fsp3) is 0.242. The molecule has 2 heterocycles. The number of sulfone groups is 1. The van der Waals surface area contributed by atoms with Gasteiger partial charge in [-0.3, -0.25) is 10.1 Å². The van der Waals surface area contributed by atoms with Gasteiger partial charge in [0.15, 0.2) is 9.84 Å². The smallest absolute Gasteiger partial charge is 0.411 e. The summed E-state index contributed by atoms with van der Waals surface area (Å²) in [5, 5.41) is 8.04. The number of fused-ring (bicyclic) bond motifs is 1. The first kappa shape index (κ1) is 35.6. The maximum Gasteiger partial charge on any atom is 0.411 e. The molecule has 1 aromatic heterocycles. The number of rotatable bonds is 7. The highest BCUT2D eigenvalue weighted by Gasteiger charge is 2.33. The molecule has 0 aliphatic carbocycles. The van der Waals surface area contributed by atoms with Crippen LogP contribution in [0.3, 0.4) is 0 Å². The third kappa shape index (κ3) is 9.09. The van der Waals surface area contributed by atoms with Gasteiger partial charge in [-0.25, -0.2) is 22.6 Å². The quantitative estimate of drug-likeness (QED) is 0.195. The van der Waals surface area contributed by atoms with Crippen LogP contribution in [-0.2, 0) is 19.4 Å². The first-order chi connectivity index (χ1) is 22.0. The summed E-state index contributed by atoms with van der Waals surface area (Å²) < 4.78 is 42.4. The second kappa shape index (κ2) is 16.5. The molecule has 1 aliphatic rings. The monoisotopic (exact) mass is 667 g/mol. The third-order valence-corrected chi connectivity index (χ3v) is 9.19. The molecule has 242 valence electrons. The second-order valence-corrected chi connectivity index (χ2v) is 12.6. The van der Waals surface area contributed by atoms with Crippen LogP contribution < -0.4 is 16.4 Å². The zero-order valence-electron chi connectivity index (χ0n) is 25.4. The zero-order chi connectivity index (χ0) is 33.9. The van der Waals surface area contributed by atoms with E-state index in [4.69, 9.17) is 17.3 Å². The van der Waals surface area contributed by atoms with E-state index in [1.807, 2.05) is 24.3 Å². The lowest BCUT2D eigenvalue weighted by Gasteiger charge is -2.27. The van der Waals surface area contributed by atoms with E-state index in [0.717, 1.165) is 22.9 Å². The number of aromatic nitrogens is 1. The molecule has 0 radical (unpaired) electrons. The fourth-order valence-corrected chi connectivity index (χ4v) is 6.17. The minimum Gasteiger partial charge on any atom is -0.453 e. The van der Waals surface area contributed by atoms with Crippen molar-refractivity contribution in [3.05, 3.63) is 89.3 Å². The number of benzene rings is 3. The zero-order valence-corrected chi connectivity index (χ0v) is 26.9. The number of methoxy groups -OCH3 is 1. The van der Waals surface area contributed by atoms with E-state index in [1.54, 1.807) is 24.1 Å². The maximum atomic E-state index is 13.3. The molecule has 0 saturated carbocycles. The highest BCUT2D eigenvalue weighted by Crippen LogP contribution is 2.37. The van der Waals surface area contributed by atoms with Crippen molar-refractivity contribution >= 4 is 61.4 Å². The Bertz CT molecular complexity index is 1780. The van der Waals surface area contributed by atoms with Gasteiger partial charge in [-0.1, -0.05) is 18.5 Å². The van der Waals surface area contributed by atoms with Crippen LogP contribution in [0.5, 0.6) is 0 Å². The number of ether oxygens (including phenoxy) is 1. The number of nitrogen functional groups attached to an aromatic ring is 1. The molecule has 0 spiro atoms. The highest BCUT2D eigenvalue weighted by molar-refractivity contribution is 7.91. The Morgan fingerprint density at radius 2 is 1.78 bits per heavy atom. The predicted octanol–water partition coefficient (Wildman–Crippen LogP) is 6.29. The summed E-state index contributed by atoms with van der Waals surface area (Å²) in [4.78, 5) is 30.9. The van der Waals surface area contributed by atoms with E-state index in [1.165, 1.54) is 43.5 Å². The molecule has 10 nitrogen and oxygen atoms in total. The Morgan fingerprint density at radius 1 is 1.09 bits per heavy atom. The number of nitrogens with zero attached hydrogens (tertiary/aromatic N) is 2. The van der Waals surface area contributed by atoms with Crippen molar-refractivity contribution in [2.75, 3.05) is 42.3 Å². The van der Waals surface area contributed by atoms with Gasteiger partial charge in [0, 0.05) is 34.5 Å². The van der Waals surface area contributed by atoms with Gasteiger partial charge in [-0.05, 0) is 90.5 Å². The summed E-state index contributed by atoms with van der Waals surface area (Å²) in [6.45, 7) is 2.12. The van der Waals surface area contributed by atoms with Crippen LogP contribution in [0.2, 0.25) is 5.02 Å². The number of anilines is 3. The number of nitrogens with two attached hydrogens (primary N) is 1. The standard InChI is InChI=1S/C25H29N5O5S.C6H4ClF.C2H2/c1-3-36(33,34)22-9-7-18(29-25(32)35-2)14-20(22)21-5-4-12-30(21)23(31)15-28-17-6-8-19-16(13-17)10-11-27-24(19)26;7-5-1-3-6(8)4-2-5;1-2/h6-11,13-14,21,28H,3-5,12,15H2,1-2H3,(H2,26,27)(H,29,32);1-4H;1-2H/t21-;;/m1../s1. The van der Waals surface area contributed by atoms with Crippen molar-refractivity contribution in [2.24, 2.45) is 0 Å². The Balaban J connectivity index is 0.000000496. The molecule has 1 fully saturated rings. The van der Waals surface area contributed by atoms with E-state index >= 15 is 0 Å². The normalized spacial score (nSPS) is 13.9. The number of carbonyl (C=O) groups excluding carboxylic acids is 2. The number of amides is 2. The summed E-state index contributed by atoms with van der Waals surface area (Å²) in [6, 6.07) is 17.3. The van der Waals surface area contributed by atoms with Crippen molar-refractivity contribution in [1.82, 2.24) is 9.88 Å². The van der Waals surface area contributed by atoms with E-state index in [-0.39, 0.29) is 28.9 Å². The molecule has 1 saturated heterocycles. The van der Waals surface area contributed by atoms with Crippen LogP contribution in [0.25, 0.3) is 10.8 Å². The Hall–Kier alpha value is -4.86. The van der Waals surface area contributed by atoms with Crippen molar-refractivity contribution < 1.29 is 27.1 Å². The molecule has 13 heteroatoms. The van der Waals surface area contributed by atoms with Crippen LogP contribution in [0.15, 0.2) is 77.8 Å². The minimum absolute atomic E-state index is 0.0402. The Labute approximate surface area is 273 Å². The number of terminal acetylenes is 1. The summed E-state index contributed by atoms with van der Waals surface area (Å²) in [5.41, 5.74) is 7.56. The first-order valence-corrected chi connectivity index (χ1v) is 16.2. The number of halogens is 2. The molecule has 5 rings (SSSR count). The summed E-state index contributed by atoms with van der Waals surface area (Å²) in [7, 11) is -2.31. The number of likely N-dealkylation sites (tertiary alicyclic amines) is 1. The van der Waals surface area contributed by atoms with Crippen molar-refractivity contribution in [3.63, 3.8) is 0 Å². The summed E-state index contributed by atoms with van der Waals surface area (Å²) in [5.74, 6) is -0.0437. The van der Waals surface area contributed by atoms with Crippen molar-refractivity contribution in [3.8, 4) is 12.8 Å². The highest BCUT2D eigenvalue weighted by atomic mass is 35.5. The third-order valence-electron chi connectivity index (χ3n) is 7.13. The number of hydrogen-bond donors (Lipinski definition) is 3. The summed E-state index contributed by atoms with van der Waals surface area (Å²) >= 11 is 5.44. The first-order valence-electron chi connectivity index (χ1n) is 14.2. The predicted molar refractivity (Wildman–Crippen MR) is 180 cm³/mol. The molecule has 3 aromatic carbocycles. The molecule has 0 bridgehead atoms. The summed E-state index contributed by atoms with van der Waals surface area (Å²) in [6.07, 6.45) is 10.3. The lowest BCUT2D eigenvalue weighted by molar-refractivity contribution is -0.130. The van der Waals surface area contributed by atoms with Crippen LogP contribution in [-0.4, -0.2) is 56.3 Å². The van der Waals surface area contributed by atoms with E-state index in [2.05, 4.69) is 33.2 Å². The molecule has 1 atom stereocenters. The van der Waals surface area contributed by atoms with Gasteiger partial charge in [0.2, 0.25) is 5.91 Å². The van der Waals surface area contributed by atoms with E-state index < -0.39 is 22.0 Å². The van der Waals surface area contributed by atoms with Gasteiger partial charge in [0.1, 0.15) is 11.6 Å². The average molecular weight is 668 g/mol. The molecule has 4 aromatic rings. The number of nitrogens with one attached hydrogen (secondary N) is 2. The lowest BCUT2D eigenvalue weighted by atomic mass is 10.0. The van der Waals surface area contributed by atoms with Crippen molar-refractivity contribution in [1.29, 1.82) is 0 Å². The van der Waals surface area contributed by atoms with Gasteiger partial charge in [0.05, 0.1) is 30.3 Å². The van der Waals surface area contributed by atoms with E-state index in [9.17, 15) is 22.4 Å².